The molecule has 0 aliphatic carbocycles. The lowest BCUT2D eigenvalue weighted by molar-refractivity contribution is 0.414. The number of rotatable bonds is 5. The highest BCUT2D eigenvalue weighted by atomic mass is 16.5. The topological polar surface area (TPSA) is 53.1 Å². The third-order valence-corrected chi connectivity index (χ3v) is 3.55. The molecule has 0 bridgehead atoms. The van der Waals surface area contributed by atoms with E-state index in [4.69, 9.17) is 10.5 Å². The van der Waals surface area contributed by atoms with E-state index in [1.807, 2.05) is 19.1 Å². The van der Waals surface area contributed by atoms with Gasteiger partial charge in [0, 0.05) is 11.7 Å². The highest BCUT2D eigenvalue weighted by Gasteiger charge is 2.13. The lowest BCUT2D eigenvalue weighted by atomic mass is 10.1. The van der Waals surface area contributed by atoms with E-state index in [1.54, 1.807) is 7.11 Å². The van der Waals surface area contributed by atoms with E-state index in [1.165, 1.54) is 16.8 Å². The third-order valence-electron chi connectivity index (χ3n) is 3.55. The van der Waals surface area contributed by atoms with Crippen molar-refractivity contribution in [2.45, 2.75) is 39.8 Å². The van der Waals surface area contributed by atoms with Crippen molar-refractivity contribution in [2.24, 2.45) is 5.73 Å². The van der Waals surface area contributed by atoms with E-state index >= 15 is 0 Å². The maximum absolute atomic E-state index is 5.91. The van der Waals surface area contributed by atoms with E-state index in [-0.39, 0.29) is 6.04 Å². The van der Waals surface area contributed by atoms with Crippen LogP contribution in [0.25, 0.3) is 0 Å². The van der Waals surface area contributed by atoms with Crippen molar-refractivity contribution in [2.75, 3.05) is 7.11 Å². The molecule has 0 amide bonds. The summed E-state index contributed by atoms with van der Waals surface area (Å²) in [5, 5.41) is 4.63. The number of aromatic nitrogens is 2. The van der Waals surface area contributed by atoms with E-state index in [9.17, 15) is 0 Å². The molecule has 0 saturated carbocycles. The molecule has 1 aromatic carbocycles. The summed E-state index contributed by atoms with van der Waals surface area (Å²) in [6, 6.07) is 8.25. The number of nitrogens with zero attached hydrogens (tertiary/aromatic N) is 2. The molecule has 108 valence electrons. The fourth-order valence-corrected chi connectivity index (χ4v) is 2.41. The quantitative estimate of drug-likeness (QED) is 0.910. The van der Waals surface area contributed by atoms with Crippen LogP contribution in [-0.2, 0) is 13.0 Å². The maximum Gasteiger partial charge on any atom is 0.118 e. The minimum atomic E-state index is 0.158. The number of benzene rings is 1. The number of aryl methyl sites for hydroxylation is 1. The molecule has 0 aliphatic heterocycles. The zero-order chi connectivity index (χ0) is 14.7. The molecule has 0 spiro atoms. The first kappa shape index (κ1) is 14.6. The zero-order valence-electron chi connectivity index (χ0n) is 12.7. The van der Waals surface area contributed by atoms with Crippen molar-refractivity contribution >= 4 is 0 Å². The van der Waals surface area contributed by atoms with Crippen molar-refractivity contribution in [3.8, 4) is 5.75 Å². The first-order valence-corrected chi connectivity index (χ1v) is 6.92. The Morgan fingerprint density at radius 3 is 2.45 bits per heavy atom. The highest BCUT2D eigenvalue weighted by molar-refractivity contribution is 5.29. The predicted octanol–water partition coefficient (Wildman–Crippen LogP) is 2.45. The largest absolute Gasteiger partial charge is 0.497 e. The molecule has 2 rings (SSSR count). The predicted molar refractivity (Wildman–Crippen MR) is 81.2 cm³/mol. The van der Waals surface area contributed by atoms with Crippen LogP contribution in [0.2, 0.25) is 0 Å². The van der Waals surface area contributed by atoms with Crippen LogP contribution in [0.5, 0.6) is 5.75 Å². The van der Waals surface area contributed by atoms with Gasteiger partial charge in [-0.2, -0.15) is 5.10 Å². The van der Waals surface area contributed by atoms with Gasteiger partial charge in [-0.25, -0.2) is 0 Å². The molecule has 0 aliphatic rings. The number of ether oxygens (including phenoxy) is 1. The SMILES string of the molecule is COc1ccc(Cn2nc(C)c(CC(C)N)c2C)cc1. The molecular weight excluding hydrogens is 250 g/mol. The summed E-state index contributed by atoms with van der Waals surface area (Å²) in [6.07, 6.45) is 0.875. The van der Waals surface area contributed by atoms with Gasteiger partial charge < -0.3 is 10.5 Å². The second-order valence-electron chi connectivity index (χ2n) is 5.34. The average molecular weight is 273 g/mol. The van der Waals surface area contributed by atoms with Crippen LogP contribution >= 0.6 is 0 Å². The van der Waals surface area contributed by atoms with Gasteiger partial charge in [0.05, 0.1) is 19.3 Å². The van der Waals surface area contributed by atoms with Crippen molar-refractivity contribution in [3.05, 3.63) is 46.8 Å². The van der Waals surface area contributed by atoms with Gasteiger partial charge in [0.25, 0.3) is 0 Å². The number of hydrogen-bond donors (Lipinski definition) is 1. The second-order valence-corrected chi connectivity index (χ2v) is 5.34. The summed E-state index contributed by atoms with van der Waals surface area (Å²) in [5.41, 5.74) is 10.7. The molecule has 1 atom stereocenters. The molecule has 1 heterocycles. The van der Waals surface area contributed by atoms with Gasteiger partial charge in [0.15, 0.2) is 0 Å². The summed E-state index contributed by atoms with van der Waals surface area (Å²) in [7, 11) is 1.68. The van der Waals surface area contributed by atoms with Crippen LogP contribution < -0.4 is 10.5 Å². The van der Waals surface area contributed by atoms with Crippen LogP contribution in [0.1, 0.15) is 29.4 Å². The first-order valence-electron chi connectivity index (χ1n) is 6.92. The van der Waals surface area contributed by atoms with Gasteiger partial charge in [-0.1, -0.05) is 12.1 Å². The second kappa shape index (κ2) is 6.09. The van der Waals surface area contributed by atoms with Crippen LogP contribution in [0.3, 0.4) is 0 Å². The van der Waals surface area contributed by atoms with Gasteiger partial charge in [0.2, 0.25) is 0 Å². The Morgan fingerprint density at radius 1 is 1.25 bits per heavy atom. The van der Waals surface area contributed by atoms with Gasteiger partial charge in [-0.15, -0.1) is 0 Å². The molecule has 1 unspecified atom stereocenters. The fourth-order valence-electron chi connectivity index (χ4n) is 2.41. The van der Waals surface area contributed by atoms with Crippen LogP contribution in [0.4, 0.5) is 0 Å². The normalized spacial score (nSPS) is 12.4. The monoisotopic (exact) mass is 273 g/mol. The Morgan fingerprint density at radius 2 is 1.90 bits per heavy atom. The molecule has 0 radical (unpaired) electrons. The molecule has 0 saturated heterocycles. The Labute approximate surface area is 120 Å². The molecule has 4 nitrogen and oxygen atoms in total. The average Bonchev–Trinajstić information content (AvgIpc) is 2.67. The Balaban J connectivity index is 2.20. The van der Waals surface area contributed by atoms with Crippen LogP contribution in [0.15, 0.2) is 24.3 Å². The number of methoxy groups -OCH3 is 1. The van der Waals surface area contributed by atoms with E-state index in [0.717, 1.165) is 24.4 Å². The van der Waals surface area contributed by atoms with Gasteiger partial charge in [-0.3, -0.25) is 4.68 Å². The molecule has 2 N–H and O–H groups in total. The van der Waals surface area contributed by atoms with E-state index in [0.29, 0.717) is 0 Å². The Hall–Kier alpha value is -1.81. The lowest BCUT2D eigenvalue weighted by Gasteiger charge is -2.08. The summed E-state index contributed by atoms with van der Waals surface area (Å²) in [6.45, 7) is 6.96. The van der Waals surface area contributed by atoms with Gasteiger partial charge >= 0.3 is 0 Å². The van der Waals surface area contributed by atoms with Crippen LogP contribution in [-0.4, -0.2) is 22.9 Å². The zero-order valence-corrected chi connectivity index (χ0v) is 12.7. The molecule has 4 heteroatoms. The maximum atomic E-state index is 5.91. The van der Waals surface area contributed by atoms with Crippen LogP contribution in [0, 0.1) is 13.8 Å². The molecule has 20 heavy (non-hydrogen) atoms. The Kier molecular flexibility index (Phi) is 4.45. The van der Waals surface area contributed by atoms with Crippen molar-refractivity contribution < 1.29 is 4.74 Å². The summed E-state index contributed by atoms with van der Waals surface area (Å²) < 4.78 is 7.22. The standard InChI is InChI=1S/C16H23N3O/c1-11(17)9-16-12(2)18-19(13(16)3)10-14-5-7-15(20-4)8-6-14/h5-8,11H,9-10,17H2,1-4H3. The number of nitrogens with two attached hydrogens (primary N) is 1. The molecular formula is C16H23N3O. The van der Waals surface area contributed by atoms with Crippen molar-refractivity contribution in [1.82, 2.24) is 9.78 Å². The molecule has 2 aromatic rings. The highest BCUT2D eigenvalue weighted by Crippen LogP contribution is 2.17. The summed E-state index contributed by atoms with van der Waals surface area (Å²) in [5.74, 6) is 0.875. The van der Waals surface area contributed by atoms with E-state index < -0.39 is 0 Å². The third kappa shape index (κ3) is 3.20. The smallest absolute Gasteiger partial charge is 0.118 e. The van der Waals surface area contributed by atoms with E-state index in [2.05, 4.69) is 35.8 Å². The van der Waals surface area contributed by atoms with Crippen molar-refractivity contribution in [3.63, 3.8) is 0 Å². The van der Waals surface area contributed by atoms with Crippen molar-refractivity contribution in [1.29, 1.82) is 0 Å². The Bertz CT molecular complexity index is 570. The minimum Gasteiger partial charge on any atom is -0.497 e. The van der Waals surface area contributed by atoms with Gasteiger partial charge in [-0.05, 0) is 50.5 Å². The summed E-state index contributed by atoms with van der Waals surface area (Å²) in [4.78, 5) is 0. The first-order chi connectivity index (χ1) is 9.51. The minimum absolute atomic E-state index is 0.158. The molecule has 1 aromatic heterocycles. The molecule has 0 fully saturated rings. The lowest BCUT2D eigenvalue weighted by Crippen LogP contribution is -2.18. The fraction of sp³-hybridized carbons (Fsp3) is 0.438. The number of hydrogen-bond acceptors (Lipinski definition) is 3. The van der Waals surface area contributed by atoms with Gasteiger partial charge in [0.1, 0.15) is 5.75 Å². The summed E-state index contributed by atoms with van der Waals surface area (Å²) >= 11 is 0.